The quantitative estimate of drug-likeness (QED) is 0.160. The molecule has 5 heteroatoms. The molecule has 0 bridgehead atoms. The van der Waals surface area contributed by atoms with E-state index < -0.39 is 0 Å². The molecular formula is C48H28N3S2-. The fourth-order valence-electron chi connectivity index (χ4n) is 8.61. The Morgan fingerprint density at radius 3 is 1.96 bits per heavy atom. The minimum Gasteiger partial charge on any atom is -0.380 e. The van der Waals surface area contributed by atoms with E-state index in [0.29, 0.717) is 0 Å². The molecule has 1 aliphatic rings. The highest BCUT2D eigenvalue weighted by molar-refractivity contribution is 7.26. The molecule has 1 atom stereocenters. The second-order valence-electron chi connectivity index (χ2n) is 13.9. The number of benzene rings is 8. The fourth-order valence-corrected chi connectivity index (χ4v) is 10.9. The summed E-state index contributed by atoms with van der Waals surface area (Å²) in [5.74, 6) is 0.718. The molecule has 12 rings (SSSR count). The molecule has 1 unspecified atom stereocenters. The van der Waals surface area contributed by atoms with E-state index in [-0.39, 0.29) is 6.04 Å². The first kappa shape index (κ1) is 29.3. The number of aromatic nitrogens is 1. The summed E-state index contributed by atoms with van der Waals surface area (Å²) < 4.78 is 6.18. The molecule has 248 valence electrons. The van der Waals surface area contributed by atoms with Crippen LogP contribution in [0, 0.1) is 0 Å². The molecule has 1 aliphatic heterocycles. The van der Waals surface area contributed by atoms with Gasteiger partial charge in [0.05, 0.1) is 6.04 Å². The summed E-state index contributed by atoms with van der Waals surface area (Å²) in [5, 5.41) is 17.0. The highest BCUT2D eigenvalue weighted by atomic mass is 32.1. The molecule has 8 aromatic carbocycles. The Morgan fingerprint density at radius 1 is 0.453 bits per heavy atom. The Bertz CT molecular complexity index is 3310. The average Bonchev–Trinajstić information content (AvgIpc) is 3.90. The van der Waals surface area contributed by atoms with Crippen LogP contribution in [0.4, 0.5) is 5.69 Å². The van der Waals surface area contributed by atoms with Crippen molar-refractivity contribution >= 4 is 108 Å². The third-order valence-corrected chi connectivity index (χ3v) is 13.3. The van der Waals surface area contributed by atoms with Crippen LogP contribution in [0.3, 0.4) is 0 Å². The Hall–Kier alpha value is -6.27. The van der Waals surface area contributed by atoms with E-state index in [0.717, 1.165) is 28.2 Å². The maximum absolute atomic E-state index is 5.56. The highest BCUT2D eigenvalue weighted by Crippen LogP contribution is 2.51. The van der Waals surface area contributed by atoms with E-state index >= 15 is 0 Å². The lowest BCUT2D eigenvalue weighted by Gasteiger charge is -2.33. The maximum Gasteiger partial charge on any atom is 0.0526 e. The molecule has 0 aliphatic carbocycles. The molecule has 0 radical (unpaired) electrons. The molecule has 3 aromatic heterocycles. The van der Waals surface area contributed by atoms with Crippen molar-refractivity contribution < 1.29 is 0 Å². The van der Waals surface area contributed by atoms with Gasteiger partial charge in [-0.25, -0.2) is 0 Å². The molecule has 0 amide bonds. The van der Waals surface area contributed by atoms with Crippen molar-refractivity contribution in [1.82, 2.24) is 4.57 Å². The predicted molar refractivity (Wildman–Crippen MR) is 229 cm³/mol. The Labute approximate surface area is 312 Å². The van der Waals surface area contributed by atoms with E-state index in [1.807, 2.05) is 11.3 Å². The number of aliphatic imine (C=N–C) groups is 1. The minimum absolute atomic E-state index is 0.180. The van der Waals surface area contributed by atoms with Crippen LogP contribution in [-0.2, 0) is 0 Å². The Balaban J connectivity index is 1.11. The van der Waals surface area contributed by atoms with E-state index in [4.69, 9.17) is 10.3 Å². The first-order valence-corrected chi connectivity index (χ1v) is 19.6. The van der Waals surface area contributed by atoms with Gasteiger partial charge in [-0.3, -0.25) is 0 Å². The summed E-state index contributed by atoms with van der Waals surface area (Å²) >= 11 is 3.68. The largest absolute Gasteiger partial charge is 0.380 e. The van der Waals surface area contributed by atoms with Crippen LogP contribution in [0.2, 0.25) is 0 Å². The first-order chi connectivity index (χ1) is 26.3. The smallest absolute Gasteiger partial charge is 0.0526 e. The van der Waals surface area contributed by atoms with Crippen molar-refractivity contribution in [2.45, 2.75) is 6.04 Å². The van der Waals surface area contributed by atoms with E-state index in [9.17, 15) is 0 Å². The molecule has 0 saturated heterocycles. The zero-order chi connectivity index (χ0) is 34.6. The summed E-state index contributed by atoms with van der Waals surface area (Å²) in [6, 6.07) is 59.3. The number of hydrogen-bond acceptors (Lipinski definition) is 3. The van der Waals surface area contributed by atoms with E-state index in [2.05, 4.69) is 168 Å². The molecule has 53 heavy (non-hydrogen) atoms. The van der Waals surface area contributed by atoms with Crippen LogP contribution >= 0.6 is 22.7 Å². The van der Waals surface area contributed by atoms with Crippen LogP contribution in [0.1, 0.15) is 16.5 Å². The van der Waals surface area contributed by atoms with Gasteiger partial charge in [0, 0.05) is 52.2 Å². The second kappa shape index (κ2) is 11.1. The average molecular weight is 711 g/mol. The van der Waals surface area contributed by atoms with Gasteiger partial charge in [0.2, 0.25) is 0 Å². The van der Waals surface area contributed by atoms with Gasteiger partial charge in [0.25, 0.3) is 0 Å². The SMILES string of the molecule is c1ccc(-c2ccc(C3[N-]C(n4c5ccccc5c5c6ccc7ccc8sc9ccccc9c8c7c6ccc54)=Nc4c3sc3ccccc43)cc2)cc1. The van der Waals surface area contributed by atoms with Crippen molar-refractivity contribution in [3.63, 3.8) is 0 Å². The first-order valence-electron chi connectivity index (χ1n) is 17.9. The minimum atomic E-state index is -0.180. The number of hydrogen-bond donors (Lipinski definition) is 0. The van der Waals surface area contributed by atoms with Gasteiger partial charge in [0.15, 0.2) is 0 Å². The Morgan fingerprint density at radius 2 is 1.11 bits per heavy atom. The lowest BCUT2D eigenvalue weighted by atomic mass is 9.95. The molecule has 3 nitrogen and oxygen atoms in total. The van der Waals surface area contributed by atoms with Crippen LogP contribution in [0.25, 0.3) is 90.1 Å². The molecule has 0 spiro atoms. The normalized spacial score (nSPS) is 14.5. The summed E-state index contributed by atoms with van der Waals surface area (Å²) in [5.41, 5.74) is 6.82. The number of nitrogens with zero attached hydrogens (tertiary/aromatic N) is 3. The summed E-state index contributed by atoms with van der Waals surface area (Å²) in [6.07, 6.45) is 0. The van der Waals surface area contributed by atoms with Gasteiger partial charge in [-0.15, -0.1) is 22.7 Å². The number of para-hydroxylation sites is 1. The molecule has 0 fully saturated rings. The lowest BCUT2D eigenvalue weighted by molar-refractivity contribution is 0.993. The lowest BCUT2D eigenvalue weighted by Crippen LogP contribution is -2.17. The van der Waals surface area contributed by atoms with Gasteiger partial charge < -0.3 is 14.9 Å². The second-order valence-corrected chi connectivity index (χ2v) is 16.0. The van der Waals surface area contributed by atoms with Crippen molar-refractivity contribution in [3.05, 3.63) is 180 Å². The zero-order valence-corrected chi connectivity index (χ0v) is 30.0. The summed E-state index contributed by atoms with van der Waals surface area (Å²) in [6.45, 7) is 0. The highest BCUT2D eigenvalue weighted by Gasteiger charge is 2.25. The van der Waals surface area contributed by atoms with Crippen molar-refractivity contribution in [2.24, 2.45) is 4.99 Å². The van der Waals surface area contributed by atoms with Crippen molar-refractivity contribution in [3.8, 4) is 11.1 Å². The maximum atomic E-state index is 5.56. The fraction of sp³-hybridized carbons (Fsp3) is 0.0208. The van der Waals surface area contributed by atoms with Gasteiger partial charge in [-0.1, -0.05) is 146 Å². The van der Waals surface area contributed by atoms with Crippen molar-refractivity contribution in [2.75, 3.05) is 0 Å². The van der Waals surface area contributed by atoms with Gasteiger partial charge in [-0.05, 0) is 72.9 Å². The molecule has 4 heterocycles. The number of thiophene rings is 2. The Kier molecular flexibility index (Phi) is 6.15. The zero-order valence-electron chi connectivity index (χ0n) is 28.3. The topological polar surface area (TPSA) is 31.4 Å². The van der Waals surface area contributed by atoms with Gasteiger partial charge in [0.1, 0.15) is 0 Å². The van der Waals surface area contributed by atoms with E-state index in [1.54, 1.807) is 11.3 Å². The van der Waals surface area contributed by atoms with Crippen LogP contribution in [-0.4, -0.2) is 10.5 Å². The third kappa shape index (κ3) is 4.23. The third-order valence-electron chi connectivity index (χ3n) is 11.0. The monoisotopic (exact) mass is 710 g/mol. The molecule has 0 N–H and O–H groups in total. The number of fused-ring (bicyclic) bond motifs is 14. The standard InChI is InChI=1S/C48H28N3S2/c1-2-10-28(11-3-1)29-18-20-31(21-19-29)45-47-46(36-14-6-9-17-40(36)53-47)50-48(49-45)51-37-15-7-4-12-34(37)43-33-24-22-30-23-27-41-44(35-13-5-8-16-39(35)52-41)42(30)32(33)25-26-38(43)51/h1-27,45H/q-1. The summed E-state index contributed by atoms with van der Waals surface area (Å²) in [4.78, 5) is 6.63. The number of rotatable bonds is 2. The molecule has 0 saturated carbocycles. The predicted octanol–water partition coefficient (Wildman–Crippen LogP) is 14.4. The van der Waals surface area contributed by atoms with Crippen LogP contribution < -0.4 is 0 Å². The summed E-state index contributed by atoms with van der Waals surface area (Å²) in [7, 11) is 0. The molecular weight excluding hydrogens is 683 g/mol. The van der Waals surface area contributed by atoms with Crippen LogP contribution in [0.15, 0.2) is 169 Å². The van der Waals surface area contributed by atoms with Gasteiger partial charge >= 0.3 is 0 Å². The van der Waals surface area contributed by atoms with Crippen LogP contribution in [0.5, 0.6) is 0 Å². The van der Waals surface area contributed by atoms with Gasteiger partial charge in [-0.2, -0.15) is 0 Å². The molecule has 11 aromatic rings. The van der Waals surface area contributed by atoms with E-state index in [1.165, 1.54) is 78.6 Å². The van der Waals surface area contributed by atoms with Crippen molar-refractivity contribution in [1.29, 1.82) is 0 Å².